The van der Waals surface area contributed by atoms with Gasteiger partial charge in [0, 0.05) is 32.2 Å². The standard InChI is InChI=1S/C14H22N2/c1-11-6-12(2)8-14(7-11)10-16-5-4-15-9-13(16)3/h6-8,13,15H,4-5,9-10H2,1-3H3/t13-/m0/s1. The zero-order valence-electron chi connectivity index (χ0n) is 10.6. The average Bonchev–Trinajstić information content (AvgIpc) is 2.20. The molecule has 1 aliphatic heterocycles. The van der Waals surface area contributed by atoms with E-state index >= 15 is 0 Å². The zero-order chi connectivity index (χ0) is 11.5. The molecule has 2 rings (SSSR count). The molecule has 1 aromatic carbocycles. The minimum atomic E-state index is 0.648. The molecule has 1 atom stereocenters. The summed E-state index contributed by atoms with van der Waals surface area (Å²) in [5.41, 5.74) is 4.20. The third-order valence-electron chi connectivity index (χ3n) is 3.31. The quantitative estimate of drug-likeness (QED) is 0.818. The number of benzene rings is 1. The number of piperazine rings is 1. The van der Waals surface area contributed by atoms with Gasteiger partial charge in [0.15, 0.2) is 0 Å². The zero-order valence-corrected chi connectivity index (χ0v) is 10.6. The summed E-state index contributed by atoms with van der Waals surface area (Å²) in [6.07, 6.45) is 0. The third kappa shape index (κ3) is 2.83. The van der Waals surface area contributed by atoms with E-state index in [-0.39, 0.29) is 0 Å². The maximum absolute atomic E-state index is 3.43. The molecule has 0 unspecified atom stereocenters. The first kappa shape index (κ1) is 11.6. The maximum Gasteiger partial charge on any atom is 0.0237 e. The van der Waals surface area contributed by atoms with Crippen molar-refractivity contribution in [1.82, 2.24) is 10.2 Å². The third-order valence-corrected chi connectivity index (χ3v) is 3.31. The second-order valence-electron chi connectivity index (χ2n) is 5.02. The predicted molar refractivity (Wildman–Crippen MR) is 68.7 cm³/mol. The van der Waals surface area contributed by atoms with E-state index in [0.29, 0.717) is 6.04 Å². The summed E-state index contributed by atoms with van der Waals surface area (Å²) in [6.45, 7) is 11.1. The Bertz CT molecular complexity index is 340. The van der Waals surface area contributed by atoms with E-state index in [1.54, 1.807) is 0 Å². The minimum absolute atomic E-state index is 0.648. The molecule has 0 aliphatic carbocycles. The van der Waals surface area contributed by atoms with Gasteiger partial charge in [0.1, 0.15) is 0 Å². The largest absolute Gasteiger partial charge is 0.314 e. The van der Waals surface area contributed by atoms with Crippen molar-refractivity contribution in [3.63, 3.8) is 0 Å². The lowest BCUT2D eigenvalue weighted by molar-refractivity contribution is 0.165. The van der Waals surface area contributed by atoms with Crippen LogP contribution in [0, 0.1) is 13.8 Å². The average molecular weight is 218 g/mol. The van der Waals surface area contributed by atoms with Crippen LogP contribution in [0.4, 0.5) is 0 Å². The molecule has 1 saturated heterocycles. The van der Waals surface area contributed by atoms with Crippen LogP contribution >= 0.6 is 0 Å². The lowest BCUT2D eigenvalue weighted by Gasteiger charge is -2.34. The van der Waals surface area contributed by atoms with E-state index in [4.69, 9.17) is 0 Å². The first-order chi connectivity index (χ1) is 7.65. The molecule has 1 heterocycles. The van der Waals surface area contributed by atoms with Crippen molar-refractivity contribution in [1.29, 1.82) is 0 Å². The number of aryl methyl sites for hydroxylation is 2. The Kier molecular flexibility index (Phi) is 3.62. The molecule has 16 heavy (non-hydrogen) atoms. The normalized spacial score (nSPS) is 22.3. The predicted octanol–water partition coefficient (Wildman–Crippen LogP) is 2.10. The van der Waals surface area contributed by atoms with Crippen LogP contribution in [0.2, 0.25) is 0 Å². The molecule has 1 N–H and O–H groups in total. The summed E-state index contributed by atoms with van der Waals surface area (Å²) >= 11 is 0. The van der Waals surface area contributed by atoms with Crippen molar-refractivity contribution in [2.24, 2.45) is 0 Å². The number of rotatable bonds is 2. The van der Waals surface area contributed by atoms with E-state index in [1.807, 2.05) is 0 Å². The van der Waals surface area contributed by atoms with Gasteiger partial charge in [0.05, 0.1) is 0 Å². The van der Waals surface area contributed by atoms with E-state index < -0.39 is 0 Å². The SMILES string of the molecule is Cc1cc(C)cc(CN2CCNC[C@@H]2C)c1. The smallest absolute Gasteiger partial charge is 0.0237 e. The van der Waals surface area contributed by atoms with Gasteiger partial charge in [-0.3, -0.25) is 4.90 Å². The van der Waals surface area contributed by atoms with Crippen LogP contribution < -0.4 is 5.32 Å². The van der Waals surface area contributed by atoms with Gasteiger partial charge in [-0.25, -0.2) is 0 Å². The Labute approximate surface area is 98.7 Å². The van der Waals surface area contributed by atoms with Crippen LogP contribution in [-0.2, 0) is 6.54 Å². The van der Waals surface area contributed by atoms with E-state index in [1.165, 1.54) is 16.7 Å². The Morgan fingerprint density at radius 2 is 1.94 bits per heavy atom. The van der Waals surface area contributed by atoms with Crippen LogP contribution in [0.5, 0.6) is 0 Å². The molecular weight excluding hydrogens is 196 g/mol. The van der Waals surface area contributed by atoms with Crippen molar-refractivity contribution in [3.05, 3.63) is 34.9 Å². The molecule has 2 heteroatoms. The van der Waals surface area contributed by atoms with Gasteiger partial charge in [0.2, 0.25) is 0 Å². The molecule has 0 amide bonds. The fourth-order valence-corrected chi connectivity index (χ4v) is 2.51. The Morgan fingerprint density at radius 1 is 1.25 bits per heavy atom. The summed E-state index contributed by atoms with van der Waals surface area (Å²) in [6, 6.07) is 7.50. The number of nitrogens with zero attached hydrogens (tertiary/aromatic N) is 1. The highest BCUT2D eigenvalue weighted by atomic mass is 15.2. The van der Waals surface area contributed by atoms with Gasteiger partial charge in [-0.1, -0.05) is 29.3 Å². The molecule has 1 fully saturated rings. The molecule has 2 nitrogen and oxygen atoms in total. The second-order valence-corrected chi connectivity index (χ2v) is 5.02. The van der Waals surface area contributed by atoms with E-state index in [9.17, 15) is 0 Å². The first-order valence-corrected chi connectivity index (χ1v) is 6.17. The fourth-order valence-electron chi connectivity index (χ4n) is 2.51. The van der Waals surface area contributed by atoms with Crippen LogP contribution in [-0.4, -0.2) is 30.6 Å². The topological polar surface area (TPSA) is 15.3 Å². The van der Waals surface area contributed by atoms with Gasteiger partial charge in [-0.15, -0.1) is 0 Å². The molecule has 0 spiro atoms. The molecule has 1 aromatic rings. The highest BCUT2D eigenvalue weighted by Gasteiger charge is 2.17. The van der Waals surface area contributed by atoms with Crippen molar-refractivity contribution >= 4 is 0 Å². The van der Waals surface area contributed by atoms with Crippen LogP contribution in [0.25, 0.3) is 0 Å². The number of nitrogens with one attached hydrogen (secondary N) is 1. The van der Waals surface area contributed by atoms with Gasteiger partial charge < -0.3 is 5.32 Å². The Hall–Kier alpha value is -0.860. The van der Waals surface area contributed by atoms with Gasteiger partial charge in [0.25, 0.3) is 0 Å². The van der Waals surface area contributed by atoms with Gasteiger partial charge in [-0.05, 0) is 26.3 Å². The minimum Gasteiger partial charge on any atom is -0.314 e. The molecule has 0 bridgehead atoms. The Balaban J connectivity index is 2.07. The highest BCUT2D eigenvalue weighted by Crippen LogP contribution is 2.13. The summed E-state index contributed by atoms with van der Waals surface area (Å²) < 4.78 is 0. The second kappa shape index (κ2) is 4.98. The van der Waals surface area contributed by atoms with Crippen molar-refractivity contribution in [2.75, 3.05) is 19.6 Å². The highest BCUT2D eigenvalue weighted by molar-refractivity contribution is 5.28. The molecule has 0 saturated carbocycles. The van der Waals surface area contributed by atoms with Gasteiger partial charge >= 0.3 is 0 Å². The van der Waals surface area contributed by atoms with Crippen molar-refractivity contribution < 1.29 is 0 Å². The lowest BCUT2D eigenvalue weighted by Crippen LogP contribution is -2.49. The number of hydrogen-bond acceptors (Lipinski definition) is 2. The molecule has 0 radical (unpaired) electrons. The summed E-state index contributed by atoms with van der Waals surface area (Å²) in [4.78, 5) is 2.56. The van der Waals surface area contributed by atoms with Crippen molar-refractivity contribution in [3.8, 4) is 0 Å². The maximum atomic E-state index is 3.43. The van der Waals surface area contributed by atoms with Crippen LogP contribution in [0.3, 0.4) is 0 Å². The summed E-state index contributed by atoms with van der Waals surface area (Å²) in [5, 5.41) is 3.43. The van der Waals surface area contributed by atoms with E-state index in [2.05, 4.69) is 49.2 Å². The molecule has 88 valence electrons. The summed E-state index contributed by atoms with van der Waals surface area (Å²) in [5.74, 6) is 0. The lowest BCUT2D eigenvalue weighted by atomic mass is 10.1. The number of hydrogen-bond donors (Lipinski definition) is 1. The summed E-state index contributed by atoms with van der Waals surface area (Å²) in [7, 11) is 0. The van der Waals surface area contributed by atoms with Crippen LogP contribution in [0.1, 0.15) is 23.6 Å². The monoisotopic (exact) mass is 218 g/mol. The molecule has 0 aromatic heterocycles. The van der Waals surface area contributed by atoms with Crippen molar-refractivity contribution in [2.45, 2.75) is 33.4 Å². The first-order valence-electron chi connectivity index (χ1n) is 6.17. The molecule has 1 aliphatic rings. The fraction of sp³-hybridized carbons (Fsp3) is 0.571. The molecular formula is C14H22N2. The van der Waals surface area contributed by atoms with Gasteiger partial charge in [-0.2, -0.15) is 0 Å². The van der Waals surface area contributed by atoms with Crippen LogP contribution in [0.15, 0.2) is 18.2 Å². The van der Waals surface area contributed by atoms with E-state index in [0.717, 1.165) is 26.2 Å². The Morgan fingerprint density at radius 3 is 2.56 bits per heavy atom.